The van der Waals surface area contributed by atoms with Crippen molar-refractivity contribution in [1.82, 2.24) is 9.97 Å². The van der Waals surface area contributed by atoms with Crippen LogP contribution < -0.4 is 10.6 Å². The summed E-state index contributed by atoms with van der Waals surface area (Å²) in [5.74, 6) is 2.27. The zero-order valence-electron chi connectivity index (χ0n) is 15.2. The monoisotopic (exact) mass is 348 g/mol. The molecule has 5 heteroatoms. The van der Waals surface area contributed by atoms with E-state index in [1.165, 1.54) is 11.1 Å². The van der Waals surface area contributed by atoms with Crippen molar-refractivity contribution in [3.63, 3.8) is 0 Å². The Morgan fingerprint density at radius 2 is 1.58 bits per heavy atom. The van der Waals surface area contributed by atoms with Crippen molar-refractivity contribution in [3.05, 3.63) is 71.8 Å². The molecule has 0 bridgehead atoms. The summed E-state index contributed by atoms with van der Waals surface area (Å²) < 4.78 is 5.11. The third-order valence-corrected chi connectivity index (χ3v) is 4.09. The van der Waals surface area contributed by atoms with Gasteiger partial charge in [-0.3, -0.25) is 0 Å². The number of benzene rings is 2. The molecule has 0 atom stereocenters. The van der Waals surface area contributed by atoms with E-state index in [4.69, 9.17) is 4.74 Å². The number of nitrogens with one attached hydrogen (secondary N) is 2. The molecule has 2 N–H and O–H groups in total. The van der Waals surface area contributed by atoms with Gasteiger partial charge in [-0.2, -0.15) is 0 Å². The standard InChI is InChI=1S/C21H24N4O/c1-16-8-6-7-11-18(16)15-23-20-14-19(22-12-13-26-2)24-21(25-20)17-9-4-3-5-10-17/h3-11,14H,12-13,15H2,1-2H3,(H2,22,23,24,25). The number of methoxy groups -OCH3 is 1. The molecule has 0 fully saturated rings. The van der Waals surface area contributed by atoms with Crippen molar-refractivity contribution >= 4 is 11.6 Å². The Morgan fingerprint density at radius 3 is 2.31 bits per heavy atom. The topological polar surface area (TPSA) is 59.1 Å². The molecule has 0 aliphatic carbocycles. The Balaban J connectivity index is 1.83. The molecule has 1 aromatic heterocycles. The third kappa shape index (κ3) is 4.80. The molecule has 2 aromatic carbocycles. The Hall–Kier alpha value is -2.92. The first-order valence-electron chi connectivity index (χ1n) is 8.72. The normalized spacial score (nSPS) is 10.5. The smallest absolute Gasteiger partial charge is 0.163 e. The van der Waals surface area contributed by atoms with Gasteiger partial charge in [-0.25, -0.2) is 9.97 Å². The van der Waals surface area contributed by atoms with Crippen LogP contribution >= 0.6 is 0 Å². The van der Waals surface area contributed by atoms with Crippen LogP contribution in [0.4, 0.5) is 11.6 Å². The summed E-state index contributed by atoms with van der Waals surface area (Å²) in [7, 11) is 1.69. The first kappa shape index (κ1) is 17.9. The van der Waals surface area contributed by atoms with Crippen molar-refractivity contribution < 1.29 is 4.74 Å². The van der Waals surface area contributed by atoms with Crippen molar-refractivity contribution in [3.8, 4) is 11.4 Å². The molecule has 134 valence electrons. The zero-order chi connectivity index (χ0) is 18.2. The van der Waals surface area contributed by atoms with Gasteiger partial charge in [-0.15, -0.1) is 0 Å². The minimum atomic E-state index is 0.622. The fraction of sp³-hybridized carbons (Fsp3) is 0.238. The van der Waals surface area contributed by atoms with Crippen molar-refractivity contribution in [1.29, 1.82) is 0 Å². The highest BCUT2D eigenvalue weighted by Gasteiger charge is 2.07. The number of anilines is 2. The summed E-state index contributed by atoms with van der Waals surface area (Å²) in [4.78, 5) is 9.31. The SMILES string of the molecule is COCCNc1cc(NCc2ccccc2C)nc(-c2ccccc2)n1. The molecule has 0 aliphatic rings. The summed E-state index contributed by atoms with van der Waals surface area (Å²) in [6.45, 7) is 4.15. The summed E-state index contributed by atoms with van der Waals surface area (Å²) in [5.41, 5.74) is 3.50. The molecule has 0 saturated carbocycles. The molecule has 3 rings (SSSR count). The van der Waals surface area contributed by atoms with E-state index in [0.29, 0.717) is 19.0 Å². The van der Waals surface area contributed by atoms with E-state index in [1.807, 2.05) is 36.4 Å². The fourth-order valence-electron chi connectivity index (χ4n) is 2.62. The Morgan fingerprint density at radius 1 is 0.885 bits per heavy atom. The Labute approximate surface area is 154 Å². The molecule has 0 amide bonds. The maximum Gasteiger partial charge on any atom is 0.163 e. The van der Waals surface area contributed by atoms with Gasteiger partial charge in [0.2, 0.25) is 0 Å². The van der Waals surface area contributed by atoms with E-state index < -0.39 is 0 Å². The second-order valence-electron chi connectivity index (χ2n) is 6.03. The lowest BCUT2D eigenvalue weighted by Crippen LogP contribution is -2.11. The lowest BCUT2D eigenvalue weighted by molar-refractivity contribution is 0.210. The maximum atomic E-state index is 5.11. The number of aryl methyl sites for hydroxylation is 1. The van der Waals surface area contributed by atoms with E-state index in [-0.39, 0.29) is 0 Å². The molecular formula is C21H24N4O. The summed E-state index contributed by atoms with van der Waals surface area (Å²) in [6.07, 6.45) is 0. The van der Waals surface area contributed by atoms with Gasteiger partial charge in [0, 0.05) is 31.8 Å². The molecule has 0 aliphatic heterocycles. The summed E-state index contributed by atoms with van der Waals surface area (Å²) in [5, 5.41) is 6.71. The fourth-order valence-corrected chi connectivity index (χ4v) is 2.62. The summed E-state index contributed by atoms with van der Waals surface area (Å²) in [6, 6.07) is 20.3. The van der Waals surface area contributed by atoms with Crippen LogP contribution in [0.2, 0.25) is 0 Å². The highest BCUT2D eigenvalue weighted by atomic mass is 16.5. The highest BCUT2D eigenvalue weighted by Crippen LogP contribution is 2.21. The predicted molar refractivity (Wildman–Crippen MR) is 106 cm³/mol. The first-order valence-corrected chi connectivity index (χ1v) is 8.72. The zero-order valence-corrected chi connectivity index (χ0v) is 15.2. The lowest BCUT2D eigenvalue weighted by atomic mass is 10.1. The van der Waals surface area contributed by atoms with E-state index >= 15 is 0 Å². The molecule has 26 heavy (non-hydrogen) atoms. The molecule has 3 aromatic rings. The van der Waals surface area contributed by atoms with Crippen molar-refractivity contribution in [2.24, 2.45) is 0 Å². The van der Waals surface area contributed by atoms with Crippen LogP contribution in [-0.2, 0) is 11.3 Å². The number of ether oxygens (including phenoxy) is 1. The second-order valence-corrected chi connectivity index (χ2v) is 6.03. The number of rotatable bonds is 8. The molecule has 0 saturated heterocycles. The minimum Gasteiger partial charge on any atom is -0.383 e. The van der Waals surface area contributed by atoms with Crippen LogP contribution in [-0.4, -0.2) is 30.2 Å². The van der Waals surface area contributed by atoms with Gasteiger partial charge in [0.05, 0.1) is 6.61 Å². The largest absolute Gasteiger partial charge is 0.383 e. The number of hydrogen-bond acceptors (Lipinski definition) is 5. The third-order valence-electron chi connectivity index (χ3n) is 4.09. The van der Waals surface area contributed by atoms with Gasteiger partial charge in [0.25, 0.3) is 0 Å². The quantitative estimate of drug-likeness (QED) is 0.600. The molecule has 0 radical (unpaired) electrons. The van der Waals surface area contributed by atoms with Crippen LogP contribution in [0.1, 0.15) is 11.1 Å². The summed E-state index contributed by atoms with van der Waals surface area (Å²) >= 11 is 0. The van der Waals surface area contributed by atoms with E-state index in [9.17, 15) is 0 Å². The van der Waals surface area contributed by atoms with Crippen LogP contribution in [0.3, 0.4) is 0 Å². The van der Waals surface area contributed by atoms with Gasteiger partial charge in [-0.1, -0.05) is 54.6 Å². The number of aromatic nitrogens is 2. The molecule has 0 spiro atoms. The number of nitrogens with zero attached hydrogens (tertiary/aromatic N) is 2. The van der Waals surface area contributed by atoms with Gasteiger partial charge in [-0.05, 0) is 18.1 Å². The highest BCUT2D eigenvalue weighted by molar-refractivity contribution is 5.61. The van der Waals surface area contributed by atoms with Gasteiger partial charge >= 0.3 is 0 Å². The van der Waals surface area contributed by atoms with Crippen LogP contribution in [0, 0.1) is 6.92 Å². The van der Waals surface area contributed by atoms with Crippen LogP contribution in [0.15, 0.2) is 60.7 Å². The average molecular weight is 348 g/mol. The van der Waals surface area contributed by atoms with Gasteiger partial charge < -0.3 is 15.4 Å². The molecule has 1 heterocycles. The molecule has 5 nitrogen and oxygen atoms in total. The van der Waals surface area contributed by atoms with Crippen LogP contribution in [0.25, 0.3) is 11.4 Å². The van der Waals surface area contributed by atoms with E-state index in [0.717, 1.165) is 23.7 Å². The predicted octanol–water partition coefficient (Wildman–Crippen LogP) is 4.12. The van der Waals surface area contributed by atoms with Crippen molar-refractivity contribution in [2.45, 2.75) is 13.5 Å². The Kier molecular flexibility index (Phi) is 6.17. The molecular weight excluding hydrogens is 324 g/mol. The lowest BCUT2D eigenvalue weighted by Gasteiger charge is -2.12. The Bertz CT molecular complexity index is 836. The maximum absolute atomic E-state index is 5.11. The van der Waals surface area contributed by atoms with E-state index in [1.54, 1.807) is 7.11 Å². The van der Waals surface area contributed by atoms with Crippen LogP contribution in [0.5, 0.6) is 0 Å². The van der Waals surface area contributed by atoms with Gasteiger partial charge in [0.15, 0.2) is 5.82 Å². The number of hydrogen-bond donors (Lipinski definition) is 2. The molecule has 0 unspecified atom stereocenters. The van der Waals surface area contributed by atoms with E-state index in [2.05, 4.69) is 51.8 Å². The average Bonchev–Trinajstić information content (AvgIpc) is 2.68. The minimum absolute atomic E-state index is 0.622. The van der Waals surface area contributed by atoms with Gasteiger partial charge in [0.1, 0.15) is 11.6 Å². The van der Waals surface area contributed by atoms with Crippen molar-refractivity contribution in [2.75, 3.05) is 30.9 Å². The second kappa shape index (κ2) is 8.97. The first-order chi connectivity index (χ1) is 12.8.